The van der Waals surface area contributed by atoms with E-state index in [2.05, 4.69) is 31.0 Å². The van der Waals surface area contributed by atoms with Gasteiger partial charge in [-0.05, 0) is 41.5 Å². The van der Waals surface area contributed by atoms with E-state index in [9.17, 15) is 4.79 Å². The highest BCUT2D eigenvalue weighted by Gasteiger charge is 2.34. The fraction of sp³-hybridized carbons (Fsp3) is 0.941. The van der Waals surface area contributed by atoms with Gasteiger partial charge >= 0.3 is 6.09 Å². The topological polar surface area (TPSA) is 54.0 Å². The molecule has 0 aromatic heterocycles. The number of nitrogens with one attached hydrogen (secondary N) is 1. The summed E-state index contributed by atoms with van der Waals surface area (Å²) in [5.41, 5.74) is -0.454. The van der Waals surface area contributed by atoms with Crippen LogP contribution in [0.3, 0.4) is 0 Å². The summed E-state index contributed by atoms with van der Waals surface area (Å²) in [4.78, 5) is 16.8. The molecule has 6 heteroatoms. The number of morpholine rings is 1. The fourth-order valence-electron chi connectivity index (χ4n) is 3.28. The Bertz CT molecular complexity index is 400. The minimum atomic E-state index is -0.454. The monoisotopic (exact) mass is 327 g/mol. The SMILES string of the molecule is CC1CN[C@@H](CN2C(C)COC[C@H]2C)CN1C(=O)OC(C)(C)C. The lowest BCUT2D eigenvalue weighted by atomic mass is 10.1. The predicted molar refractivity (Wildman–Crippen MR) is 90.6 cm³/mol. The summed E-state index contributed by atoms with van der Waals surface area (Å²) in [5.74, 6) is 0. The highest BCUT2D eigenvalue weighted by Crippen LogP contribution is 2.18. The molecule has 2 unspecified atom stereocenters. The molecule has 2 aliphatic heterocycles. The van der Waals surface area contributed by atoms with Gasteiger partial charge in [-0.15, -0.1) is 0 Å². The Balaban J connectivity index is 1.95. The van der Waals surface area contributed by atoms with E-state index in [4.69, 9.17) is 9.47 Å². The fourth-order valence-corrected chi connectivity index (χ4v) is 3.28. The number of nitrogens with zero attached hydrogens (tertiary/aromatic N) is 2. The van der Waals surface area contributed by atoms with Gasteiger partial charge in [0.25, 0.3) is 0 Å². The number of hydrogen-bond donors (Lipinski definition) is 1. The maximum atomic E-state index is 12.4. The van der Waals surface area contributed by atoms with E-state index in [1.165, 1.54) is 0 Å². The molecule has 0 aliphatic carbocycles. The van der Waals surface area contributed by atoms with Gasteiger partial charge in [-0.1, -0.05) is 0 Å². The number of amides is 1. The average molecular weight is 327 g/mol. The van der Waals surface area contributed by atoms with Crippen molar-refractivity contribution in [3.63, 3.8) is 0 Å². The molecule has 4 atom stereocenters. The molecule has 0 radical (unpaired) electrons. The molecule has 0 bridgehead atoms. The minimum Gasteiger partial charge on any atom is -0.444 e. The van der Waals surface area contributed by atoms with E-state index in [1.54, 1.807) is 0 Å². The smallest absolute Gasteiger partial charge is 0.410 e. The summed E-state index contributed by atoms with van der Waals surface area (Å²) in [7, 11) is 0. The maximum Gasteiger partial charge on any atom is 0.410 e. The summed E-state index contributed by atoms with van der Waals surface area (Å²) in [6.07, 6.45) is -0.209. The molecule has 2 rings (SSSR count). The molecule has 2 aliphatic rings. The first-order valence-corrected chi connectivity index (χ1v) is 8.74. The van der Waals surface area contributed by atoms with E-state index >= 15 is 0 Å². The van der Waals surface area contributed by atoms with Crippen molar-refractivity contribution in [2.75, 3.05) is 32.8 Å². The summed E-state index contributed by atoms with van der Waals surface area (Å²) in [6.45, 7) is 16.2. The Morgan fingerprint density at radius 1 is 1.17 bits per heavy atom. The molecule has 0 aromatic carbocycles. The van der Waals surface area contributed by atoms with Crippen LogP contribution in [-0.4, -0.2) is 78.5 Å². The van der Waals surface area contributed by atoms with Crippen LogP contribution in [0.5, 0.6) is 0 Å². The molecule has 0 saturated carbocycles. The Morgan fingerprint density at radius 3 is 2.35 bits per heavy atom. The van der Waals surface area contributed by atoms with Crippen LogP contribution in [0.15, 0.2) is 0 Å². The number of carbonyl (C=O) groups excluding carboxylic acids is 1. The lowest BCUT2D eigenvalue weighted by Gasteiger charge is -2.44. The molecular formula is C17H33N3O3. The molecule has 0 spiro atoms. The molecular weight excluding hydrogens is 294 g/mol. The van der Waals surface area contributed by atoms with Crippen LogP contribution in [0.1, 0.15) is 41.5 Å². The van der Waals surface area contributed by atoms with E-state index in [0.29, 0.717) is 18.6 Å². The first-order valence-electron chi connectivity index (χ1n) is 8.74. The summed E-state index contributed by atoms with van der Waals surface area (Å²) < 4.78 is 11.2. The molecule has 2 saturated heterocycles. The summed E-state index contributed by atoms with van der Waals surface area (Å²) in [5, 5.41) is 3.57. The van der Waals surface area contributed by atoms with Crippen molar-refractivity contribution in [2.24, 2.45) is 0 Å². The Morgan fingerprint density at radius 2 is 1.78 bits per heavy atom. The second kappa shape index (κ2) is 7.36. The van der Waals surface area contributed by atoms with Gasteiger partial charge in [-0.2, -0.15) is 0 Å². The molecule has 2 fully saturated rings. The first kappa shape index (κ1) is 18.5. The summed E-state index contributed by atoms with van der Waals surface area (Å²) >= 11 is 0. The van der Waals surface area contributed by atoms with Crippen molar-refractivity contribution in [3.05, 3.63) is 0 Å². The second-order valence-electron chi connectivity index (χ2n) is 8.02. The predicted octanol–water partition coefficient (Wildman–Crippen LogP) is 1.69. The Labute approximate surface area is 140 Å². The van der Waals surface area contributed by atoms with E-state index in [1.807, 2.05) is 25.7 Å². The molecule has 134 valence electrons. The van der Waals surface area contributed by atoms with Gasteiger partial charge in [0.05, 0.1) is 13.2 Å². The van der Waals surface area contributed by atoms with Crippen LogP contribution in [0.2, 0.25) is 0 Å². The molecule has 6 nitrogen and oxygen atoms in total. The number of rotatable bonds is 2. The van der Waals surface area contributed by atoms with Crippen molar-refractivity contribution in [2.45, 2.75) is 71.3 Å². The zero-order valence-corrected chi connectivity index (χ0v) is 15.5. The van der Waals surface area contributed by atoms with Crippen molar-refractivity contribution in [1.82, 2.24) is 15.1 Å². The van der Waals surface area contributed by atoms with Crippen LogP contribution >= 0.6 is 0 Å². The van der Waals surface area contributed by atoms with Crippen molar-refractivity contribution < 1.29 is 14.3 Å². The van der Waals surface area contributed by atoms with E-state index in [-0.39, 0.29) is 18.2 Å². The van der Waals surface area contributed by atoms with Gasteiger partial charge in [0, 0.05) is 43.8 Å². The van der Waals surface area contributed by atoms with Gasteiger partial charge in [0.1, 0.15) is 5.60 Å². The van der Waals surface area contributed by atoms with Crippen molar-refractivity contribution >= 4 is 6.09 Å². The largest absolute Gasteiger partial charge is 0.444 e. The maximum absolute atomic E-state index is 12.4. The number of carbonyl (C=O) groups is 1. The third-order valence-corrected chi connectivity index (χ3v) is 4.56. The van der Waals surface area contributed by atoms with Gasteiger partial charge in [0.2, 0.25) is 0 Å². The van der Waals surface area contributed by atoms with Crippen LogP contribution < -0.4 is 5.32 Å². The van der Waals surface area contributed by atoms with E-state index in [0.717, 1.165) is 26.3 Å². The number of piperazine rings is 1. The molecule has 0 aromatic rings. The third-order valence-electron chi connectivity index (χ3n) is 4.56. The Hall–Kier alpha value is -0.850. The molecule has 1 amide bonds. The van der Waals surface area contributed by atoms with Gasteiger partial charge in [-0.25, -0.2) is 4.79 Å². The second-order valence-corrected chi connectivity index (χ2v) is 8.02. The lowest BCUT2D eigenvalue weighted by Crippen LogP contribution is -2.63. The normalized spacial score (nSPS) is 33.6. The van der Waals surface area contributed by atoms with Crippen molar-refractivity contribution in [1.29, 1.82) is 0 Å². The van der Waals surface area contributed by atoms with Crippen LogP contribution in [0, 0.1) is 0 Å². The minimum absolute atomic E-state index is 0.153. The summed E-state index contributed by atoms with van der Waals surface area (Å²) in [6, 6.07) is 1.24. The van der Waals surface area contributed by atoms with E-state index < -0.39 is 5.60 Å². The highest BCUT2D eigenvalue weighted by molar-refractivity contribution is 5.68. The Kier molecular flexibility index (Phi) is 5.92. The molecule has 23 heavy (non-hydrogen) atoms. The quantitative estimate of drug-likeness (QED) is 0.836. The van der Waals surface area contributed by atoms with Crippen LogP contribution in [-0.2, 0) is 9.47 Å². The highest BCUT2D eigenvalue weighted by atomic mass is 16.6. The first-order chi connectivity index (χ1) is 10.7. The lowest BCUT2D eigenvalue weighted by molar-refractivity contribution is -0.0455. The molecule has 1 N–H and O–H groups in total. The zero-order valence-electron chi connectivity index (χ0n) is 15.5. The number of hydrogen-bond acceptors (Lipinski definition) is 5. The van der Waals surface area contributed by atoms with Gasteiger partial charge < -0.3 is 19.7 Å². The number of ether oxygens (including phenoxy) is 2. The van der Waals surface area contributed by atoms with Crippen LogP contribution in [0.4, 0.5) is 4.79 Å². The average Bonchev–Trinajstić information content (AvgIpc) is 2.43. The van der Waals surface area contributed by atoms with Crippen LogP contribution in [0.25, 0.3) is 0 Å². The van der Waals surface area contributed by atoms with Gasteiger partial charge in [-0.3, -0.25) is 4.90 Å². The van der Waals surface area contributed by atoms with Gasteiger partial charge in [0.15, 0.2) is 0 Å². The standard InChI is InChI=1S/C17H33N3O3/c1-12-7-18-15(8-19-13(2)10-22-11-14(19)3)9-20(12)16(21)23-17(4,5)6/h12-15,18H,7-11H2,1-6H3/t12?,13-,14?,15+/m1/s1. The zero-order chi connectivity index (χ0) is 17.2. The van der Waals surface area contributed by atoms with Crippen molar-refractivity contribution in [3.8, 4) is 0 Å². The molecule has 2 heterocycles. The third kappa shape index (κ3) is 5.06.